The van der Waals surface area contributed by atoms with Crippen molar-refractivity contribution in [3.05, 3.63) is 0 Å². The number of piperidine rings is 1. The molecule has 1 atom stereocenters. The largest absolute Gasteiger partial charge is 0.480 e. The minimum atomic E-state index is -0.935. The fourth-order valence-electron chi connectivity index (χ4n) is 6.46. The fraction of sp³-hybridized carbons (Fsp3) is 0.850. The first-order chi connectivity index (χ1) is 12.9. The van der Waals surface area contributed by atoms with Crippen LogP contribution in [0.5, 0.6) is 0 Å². The number of rotatable bonds is 5. The molecule has 27 heavy (non-hydrogen) atoms. The third-order valence-electron chi connectivity index (χ3n) is 7.15. The molecule has 0 radical (unpaired) electrons. The molecule has 4 saturated carbocycles. The Kier molecular flexibility index (Phi) is 5.03. The number of hydrogen-bond donors (Lipinski definition) is 3. The first kappa shape index (κ1) is 18.6. The van der Waals surface area contributed by atoms with E-state index in [-0.39, 0.29) is 30.4 Å². The van der Waals surface area contributed by atoms with Crippen LogP contribution in [0.1, 0.15) is 64.2 Å². The van der Waals surface area contributed by atoms with Crippen molar-refractivity contribution in [1.29, 1.82) is 0 Å². The summed E-state index contributed by atoms with van der Waals surface area (Å²) < 4.78 is 0. The van der Waals surface area contributed by atoms with Crippen molar-refractivity contribution in [2.75, 3.05) is 13.1 Å². The van der Waals surface area contributed by atoms with Crippen LogP contribution in [0, 0.1) is 17.8 Å². The van der Waals surface area contributed by atoms with Crippen LogP contribution in [-0.2, 0) is 9.59 Å². The van der Waals surface area contributed by atoms with E-state index >= 15 is 0 Å². The molecule has 4 aliphatic carbocycles. The van der Waals surface area contributed by atoms with Crippen LogP contribution in [0.25, 0.3) is 0 Å². The number of hydrogen-bond acceptors (Lipinski definition) is 3. The van der Waals surface area contributed by atoms with Crippen LogP contribution in [0.2, 0.25) is 0 Å². The van der Waals surface area contributed by atoms with Gasteiger partial charge in [0.25, 0.3) is 0 Å². The number of nitrogens with one attached hydrogen (secondary N) is 2. The predicted molar refractivity (Wildman–Crippen MR) is 99.0 cm³/mol. The topological polar surface area (TPSA) is 98.7 Å². The maximum atomic E-state index is 12.4. The molecule has 5 aliphatic rings. The Hall–Kier alpha value is -1.79. The van der Waals surface area contributed by atoms with E-state index in [1.807, 2.05) is 0 Å². The maximum Gasteiger partial charge on any atom is 0.326 e. The highest BCUT2D eigenvalue weighted by Gasteiger charge is 2.51. The highest BCUT2D eigenvalue weighted by molar-refractivity contribution is 5.84. The summed E-state index contributed by atoms with van der Waals surface area (Å²) in [5, 5.41) is 15.3. The van der Waals surface area contributed by atoms with Gasteiger partial charge in [-0.25, -0.2) is 9.59 Å². The van der Waals surface area contributed by atoms with Crippen LogP contribution in [0.15, 0.2) is 0 Å². The number of carbonyl (C=O) groups is 3. The van der Waals surface area contributed by atoms with Crippen LogP contribution in [0.4, 0.5) is 4.79 Å². The third kappa shape index (κ3) is 3.92. The second-order valence-electron chi connectivity index (χ2n) is 9.27. The Morgan fingerprint density at radius 2 is 1.63 bits per heavy atom. The van der Waals surface area contributed by atoms with Crippen molar-refractivity contribution in [2.45, 2.75) is 75.8 Å². The van der Waals surface area contributed by atoms with Gasteiger partial charge in [0.15, 0.2) is 0 Å². The summed E-state index contributed by atoms with van der Waals surface area (Å²) in [5.74, 6) is 1.19. The fourth-order valence-corrected chi connectivity index (χ4v) is 6.46. The number of likely N-dealkylation sites (tertiary alicyclic amines) is 1. The SMILES string of the molecule is O=C(NCCC(=O)N1CCCC[C@@H]1C(=O)O)NC12CC3CC(CC(C3)C1)C2. The van der Waals surface area contributed by atoms with Gasteiger partial charge in [-0.1, -0.05) is 0 Å². The van der Waals surface area contributed by atoms with Crippen molar-refractivity contribution in [3.8, 4) is 0 Å². The van der Waals surface area contributed by atoms with E-state index in [4.69, 9.17) is 0 Å². The smallest absolute Gasteiger partial charge is 0.326 e. The average Bonchev–Trinajstić information content (AvgIpc) is 2.59. The van der Waals surface area contributed by atoms with Gasteiger partial charge in [-0.3, -0.25) is 4.79 Å². The van der Waals surface area contributed by atoms with Crippen LogP contribution in [0.3, 0.4) is 0 Å². The molecule has 3 amide bonds. The zero-order valence-electron chi connectivity index (χ0n) is 15.9. The maximum absolute atomic E-state index is 12.4. The quantitative estimate of drug-likeness (QED) is 0.683. The molecule has 150 valence electrons. The second-order valence-corrected chi connectivity index (χ2v) is 9.27. The lowest BCUT2D eigenvalue weighted by atomic mass is 9.53. The number of amides is 3. The third-order valence-corrected chi connectivity index (χ3v) is 7.15. The number of carbonyl (C=O) groups excluding carboxylic acids is 2. The zero-order valence-corrected chi connectivity index (χ0v) is 15.9. The molecule has 7 nitrogen and oxygen atoms in total. The summed E-state index contributed by atoms with van der Waals surface area (Å²) in [4.78, 5) is 37.6. The van der Waals surface area contributed by atoms with Gasteiger partial charge in [0.2, 0.25) is 5.91 Å². The van der Waals surface area contributed by atoms with E-state index in [1.165, 1.54) is 24.2 Å². The van der Waals surface area contributed by atoms with Crippen LogP contribution >= 0.6 is 0 Å². The van der Waals surface area contributed by atoms with Gasteiger partial charge in [0, 0.05) is 25.0 Å². The summed E-state index contributed by atoms with van der Waals surface area (Å²) in [5.41, 5.74) is -0.0376. The van der Waals surface area contributed by atoms with E-state index in [2.05, 4.69) is 10.6 Å². The number of urea groups is 1. The standard InChI is InChI=1S/C20H31N3O4/c24-17(23-6-2-1-3-16(23)18(25)26)4-5-21-19(27)22-20-10-13-7-14(11-20)9-15(8-13)12-20/h13-16H,1-12H2,(H,25,26)(H2,21,22,27)/t13?,14?,15?,16-,20?/m1/s1. The molecule has 4 bridgehead atoms. The Bertz CT molecular complexity index is 585. The van der Waals surface area contributed by atoms with Crippen molar-refractivity contribution >= 4 is 17.9 Å². The Morgan fingerprint density at radius 3 is 2.22 bits per heavy atom. The van der Waals surface area contributed by atoms with E-state index in [0.29, 0.717) is 13.0 Å². The molecule has 1 aliphatic heterocycles. The van der Waals surface area contributed by atoms with Gasteiger partial charge in [-0.15, -0.1) is 0 Å². The summed E-state index contributed by atoms with van der Waals surface area (Å²) in [6, 6.07) is -0.898. The van der Waals surface area contributed by atoms with Crippen molar-refractivity contribution in [1.82, 2.24) is 15.5 Å². The molecule has 0 spiro atoms. The first-order valence-corrected chi connectivity index (χ1v) is 10.5. The highest BCUT2D eigenvalue weighted by atomic mass is 16.4. The van der Waals surface area contributed by atoms with Crippen molar-refractivity contribution in [3.63, 3.8) is 0 Å². The van der Waals surface area contributed by atoms with Gasteiger partial charge in [-0.2, -0.15) is 0 Å². The van der Waals surface area contributed by atoms with Gasteiger partial charge in [-0.05, 0) is 75.5 Å². The molecule has 0 aromatic rings. The number of carboxylic acid groups (broad SMARTS) is 1. The lowest BCUT2D eigenvalue weighted by Gasteiger charge is -2.56. The molecule has 0 unspecified atom stereocenters. The molecule has 0 aromatic heterocycles. The van der Waals surface area contributed by atoms with E-state index in [0.717, 1.165) is 49.9 Å². The lowest BCUT2D eigenvalue weighted by Crippen LogP contribution is -2.61. The van der Waals surface area contributed by atoms with E-state index in [1.54, 1.807) is 0 Å². The predicted octanol–water partition coefficient (Wildman–Crippen LogP) is 2.11. The molecule has 5 fully saturated rings. The van der Waals surface area contributed by atoms with Gasteiger partial charge < -0.3 is 20.6 Å². The van der Waals surface area contributed by atoms with Crippen molar-refractivity contribution in [2.24, 2.45) is 17.8 Å². The monoisotopic (exact) mass is 377 g/mol. The average molecular weight is 377 g/mol. The van der Waals surface area contributed by atoms with Crippen molar-refractivity contribution < 1.29 is 19.5 Å². The summed E-state index contributed by atoms with van der Waals surface area (Å²) >= 11 is 0. The van der Waals surface area contributed by atoms with Gasteiger partial charge in [0.1, 0.15) is 6.04 Å². The van der Waals surface area contributed by atoms with Gasteiger partial charge in [0.05, 0.1) is 0 Å². The molecular weight excluding hydrogens is 346 g/mol. The van der Waals surface area contributed by atoms with Gasteiger partial charge >= 0.3 is 12.0 Å². The van der Waals surface area contributed by atoms with Crippen LogP contribution < -0.4 is 10.6 Å². The summed E-state index contributed by atoms with van der Waals surface area (Å²) in [6.07, 6.45) is 9.63. The lowest BCUT2D eigenvalue weighted by molar-refractivity contribution is -0.152. The minimum Gasteiger partial charge on any atom is -0.480 e. The molecule has 1 heterocycles. The Labute approximate surface area is 160 Å². The van der Waals surface area contributed by atoms with E-state index in [9.17, 15) is 19.5 Å². The summed E-state index contributed by atoms with van der Waals surface area (Å²) in [6.45, 7) is 0.745. The molecule has 7 heteroatoms. The second kappa shape index (κ2) is 7.32. The number of carboxylic acids is 1. The van der Waals surface area contributed by atoms with E-state index < -0.39 is 12.0 Å². The molecular formula is C20H31N3O4. The minimum absolute atomic E-state index is 0.0376. The summed E-state index contributed by atoms with van der Waals surface area (Å²) in [7, 11) is 0. The Morgan fingerprint density at radius 1 is 1.00 bits per heavy atom. The molecule has 3 N–H and O–H groups in total. The zero-order chi connectivity index (χ0) is 19.0. The molecule has 1 saturated heterocycles. The number of nitrogens with zero attached hydrogens (tertiary/aromatic N) is 1. The highest BCUT2D eigenvalue weighted by Crippen LogP contribution is 2.55. The molecule has 0 aromatic carbocycles. The number of aliphatic carboxylic acids is 1. The van der Waals surface area contributed by atoms with Crippen LogP contribution in [-0.4, -0.2) is 52.6 Å². The first-order valence-electron chi connectivity index (χ1n) is 10.5. The normalized spacial score (nSPS) is 37.1. The molecule has 5 rings (SSSR count). The Balaban J connectivity index is 1.24.